The first-order valence-corrected chi connectivity index (χ1v) is 11.0. The smallest absolute Gasteiger partial charge is 0.223 e. The van der Waals surface area contributed by atoms with Crippen LogP contribution in [0, 0.1) is 11.7 Å². The van der Waals surface area contributed by atoms with Gasteiger partial charge in [-0.25, -0.2) is 4.39 Å². The highest BCUT2D eigenvalue weighted by atomic mass is 19.1. The van der Waals surface area contributed by atoms with Crippen LogP contribution in [-0.4, -0.2) is 36.5 Å². The summed E-state index contributed by atoms with van der Waals surface area (Å²) < 4.78 is 18.7. The second kappa shape index (κ2) is 11.1. The van der Waals surface area contributed by atoms with Crippen molar-refractivity contribution in [3.63, 3.8) is 0 Å². The summed E-state index contributed by atoms with van der Waals surface area (Å²) in [5.74, 6) is 0.971. The van der Waals surface area contributed by atoms with E-state index < -0.39 is 0 Å². The van der Waals surface area contributed by atoms with E-state index in [1.807, 2.05) is 38.1 Å². The van der Waals surface area contributed by atoms with Crippen molar-refractivity contribution >= 4 is 5.91 Å². The number of halogens is 1. The SMILES string of the molecule is CC(C)Oc1ccc(CCCNC(=O)C2CCN(Cc3ccc(F)cc3)CC2)cc1. The number of rotatable bonds is 9. The second-order valence-electron chi connectivity index (χ2n) is 8.38. The van der Waals surface area contributed by atoms with E-state index in [2.05, 4.69) is 22.3 Å². The minimum Gasteiger partial charge on any atom is -0.491 e. The van der Waals surface area contributed by atoms with Crippen LogP contribution in [-0.2, 0) is 17.8 Å². The average Bonchev–Trinajstić information content (AvgIpc) is 2.74. The maximum Gasteiger partial charge on any atom is 0.223 e. The summed E-state index contributed by atoms with van der Waals surface area (Å²) in [4.78, 5) is 14.8. The van der Waals surface area contributed by atoms with Crippen molar-refractivity contribution in [2.24, 2.45) is 5.92 Å². The van der Waals surface area contributed by atoms with Crippen molar-refractivity contribution in [2.75, 3.05) is 19.6 Å². The molecule has 1 N–H and O–H groups in total. The minimum atomic E-state index is -0.203. The fourth-order valence-electron chi connectivity index (χ4n) is 3.86. The van der Waals surface area contributed by atoms with E-state index in [1.54, 1.807) is 0 Å². The van der Waals surface area contributed by atoms with E-state index in [1.165, 1.54) is 17.7 Å². The van der Waals surface area contributed by atoms with Gasteiger partial charge in [0.2, 0.25) is 5.91 Å². The first-order valence-electron chi connectivity index (χ1n) is 11.0. The number of piperidine rings is 1. The number of hydrogen-bond donors (Lipinski definition) is 1. The van der Waals surface area contributed by atoms with Gasteiger partial charge >= 0.3 is 0 Å². The molecule has 0 spiro atoms. The van der Waals surface area contributed by atoms with Gasteiger partial charge in [0.05, 0.1) is 6.10 Å². The Kier molecular flexibility index (Phi) is 8.26. The summed E-state index contributed by atoms with van der Waals surface area (Å²) in [6, 6.07) is 14.9. The van der Waals surface area contributed by atoms with E-state index >= 15 is 0 Å². The van der Waals surface area contributed by atoms with E-state index in [9.17, 15) is 9.18 Å². The molecular formula is C25H33FN2O2. The Morgan fingerprint density at radius 2 is 1.70 bits per heavy atom. The van der Waals surface area contributed by atoms with Gasteiger partial charge in [-0.2, -0.15) is 0 Å². The predicted molar refractivity (Wildman–Crippen MR) is 118 cm³/mol. The summed E-state index contributed by atoms with van der Waals surface area (Å²) in [7, 11) is 0. The van der Waals surface area contributed by atoms with Crippen molar-refractivity contribution in [2.45, 2.75) is 52.2 Å². The molecular weight excluding hydrogens is 379 g/mol. The number of nitrogens with one attached hydrogen (secondary N) is 1. The van der Waals surface area contributed by atoms with Gasteiger partial charge in [0.1, 0.15) is 11.6 Å². The Hall–Kier alpha value is -2.40. The Labute approximate surface area is 179 Å². The van der Waals surface area contributed by atoms with E-state index in [4.69, 9.17) is 4.74 Å². The lowest BCUT2D eigenvalue weighted by atomic mass is 9.95. The molecule has 0 aromatic heterocycles. The number of hydrogen-bond acceptors (Lipinski definition) is 3. The number of nitrogens with zero attached hydrogens (tertiary/aromatic N) is 1. The lowest BCUT2D eigenvalue weighted by Crippen LogP contribution is -2.40. The molecule has 1 amide bonds. The van der Waals surface area contributed by atoms with Crippen LogP contribution in [0.1, 0.15) is 44.2 Å². The van der Waals surface area contributed by atoms with Gasteiger partial charge in [0.25, 0.3) is 0 Å². The van der Waals surface area contributed by atoms with E-state index in [0.717, 1.165) is 56.6 Å². The maximum atomic E-state index is 13.0. The van der Waals surface area contributed by atoms with Crippen LogP contribution >= 0.6 is 0 Å². The lowest BCUT2D eigenvalue weighted by Gasteiger charge is -2.31. The van der Waals surface area contributed by atoms with Crippen LogP contribution in [0.5, 0.6) is 5.75 Å². The van der Waals surface area contributed by atoms with Gasteiger partial charge in [-0.3, -0.25) is 9.69 Å². The molecule has 1 heterocycles. The molecule has 0 unspecified atom stereocenters. The van der Waals surface area contributed by atoms with Crippen molar-refractivity contribution in [1.29, 1.82) is 0 Å². The van der Waals surface area contributed by atoms with Gasteiger partial charge in [-0.15, -0.1) is 0 Å². The number of carbonyl (C=O) groups excluding carboxylic acids is 1. The van der Waals surface area contributed by atoms with Crippen LogP contribution in [0.15, 0.2) is 48.5 Å². The summed E-state index contributed by atoms with van der Waals surface area (Å²) in [5.41, 5.74) is 2.37. The Bertz CT molecular complexity index is 782. The van der Waals surface area contributed by atoms with Gasteiger partial charge in [0, 0.05) is 19.0 Å². The predicted octanol–water partition coefficient (Wildman–Crippen LogP) is 4.57. The molecule has 4 nitrogen and oxygen atoms in total. The van der Waals surface area contributed by atoms with Crippen LogP contribution in [0.3, 0.4) is 0 Å². The summed E-state index contributed by atoms with van der Waals surface area (Å²) in [6.45, 7) is 7.37. The highest BCUT2D eigenvalue weighted by Crippen LogP contribution is 2.20. The molecule has 1 saturated heterocycles. The molecule has 1 aliphatic rings. The molecule has 3 rings (SSSR count). The molecule has 0 aliphatic carbocycles. The Balaban J connectivity index is 1.31. The average molecular weight is 413 g/mol. The van der Waals surface area contributed by atoms with Crippen LogP contribution < -0.4 is 10.1 Å². The van der Waals surface area contributed by atoms with Gasteiger partial charge in [-0.05, 0) is 88.0 Å². The van der Waals surface area contributed by atoms with Crippen LogP contribution in [0.2, 0.25) is 0 Å². The van der Waals surface area contributed by atoms with Crippen molar-refractivity contribution in [3.8, 4) is 5.75 Å². The number of ether oxygens (including phenoxy) is 1. The highest BCUT2D eigenvalue weighted by molar-refractivity contribution is 5.78. The molecule has 162 valence electrons. The van der Waals surface area contributed by atoms with Gasteiger partial charge in [0.15, 0.2) is 0 Å². The number of benzene rings is 2. The van der Waals surface area contributed by atoms with Gasteiger partial charge < -0.3 is 10.1 Å². The lowest BCUT2D eigenvalue weighted by molar-refractivity contribution is -0.126. The molecule has 0 bridgehead atoms. The number of carbonyl (C=O) groups is 1. The van der Waals surface area contributed by atoms with Crippen molar-refractivity contribution < 1.29 is 13.9 Å². The third-order valence-electron chi connectivity index (χ3n) is 5.51. The topological polar surface area (TPSA) is 41.6 Å². The molecule has 2 aromatic carbocycles. The first-order chi connectivity index (χ1) is 14.5. The maximum absolute atomic E-state index is 13.0. The highest BCUT2D eigenvalue weighted by Gasteiger charge is 2.24. The summed E-state index contributed by atoms with van der Waals surface area (Å²) in [6.07, 6.45) is 3.81. The molecule has 1 aliphatic heterocycles. The second-order valence-corrected chi connectivity index (χ2v) is 8.38. The largest absolute Gasteiger partial charge is 0.491 e. The standard InChI is InChI=1S/C25H33FN2O2/c1-19(2)30-24-11-7-20(8-12-24)4-3-15-27-25(29)22-13-16-28(17-14-22)18-21-5-9-23(26)10-6-21/h5-12,19,22H,3-4,13-18H2,1-2H3,(H,27,29). The molecule has 0 atom stereocenters. The summed E-state index contributed by atoms with van der Waals surface area (Å²) in [5, 5.41) is 3.11. The first kappa shape index (κ1) is 22.3. The van der Waals surface area contributed by atoms with Crippen molar-refractivity contribution in [1.82, 2.24) is 10.2 Å². The Morgan fingerprint density at radius 3 is 2.33 bits per heavy atom. The third kappa shape index (κ3) is 7.13. The van der Waals surface area contributed by atoms with E-state index in [0.29, 0.717) is 6.54 Å². The fourth-order valence-corrected chi connectivity index (χ4v) is 3.86. The zero-order chi connectivity index (χ0) is 21.3. The van der Waals surface area contributed by atoms with Gasteiger partial charge in [-0.1, -0.05) is 24.3 Å². The monoisotopic (exact) mass is 412 g/mol. The van der Waals surface area contributed by atoms with Crippen LogP contribution in [0.4, 0.5) is 4.39 Å². The normalized spacial score (nSPS) is 15.3. The Morgan fingerprint density at radius 1 is 1.07 bits per heavy atom. The fraction of sp³-hybridized carbons (Fsp3) is 0.480. The zero-order valence-electron chi connectivity index (χ0n) is 18.1. The summed E-state index contributed by atoms with van der Waals surface area (Å²) >= 11 is 0. The molecule has 5 heteroatoms. The van der Waals surface area contributed by atoms with Crippen LogP contribution in [0.25, 0.3) is 0 Å². The molecule has 0 radical (unpaired) electrons. The molecule has 2 aromatic rings. The quantitative estimate of drug-likeness (QED) is 0.613. The number of amides is 1. The van der Waals surface area contributed by atoms with Crippen molar-refractivity contribution in [3.05, 3.63) is 65.5 Å². The molecule has 1 fully saturated rings. The van der Waals surface area contributed by atoms with E-state index in [-0.39, 0.29) is 23.7 Å². The zero-order valence-corrected chi connectivity index (χ0v) is 18.1. The number of aryl methyl sites for hydroxylation is 1. The molecule has 0 saturated carbocycles. The number of likely N-dealkylation sites (tertiary alicyclic amines) is 1. The minimum absolute atomic E-state index is 0.0990. The molecule has 30 heavy (non-hydrogen) atoms. The third-order valence-corrected chi connectivity index (χ3v) is 5.51.